The molecular formula is C17H24N6O2. The van der Waals surface area contributed by atoms with E-state index in [0.717, 1.165) is 12.8 Å². The highest BCUT2D eigenvalue weighted by Crippen LogP contribution is 2.14. The van der Waals surface area contributed by atoms with Gasteiger partial charge in [-0.15, -0.1) is 0 Å². The van der Waals surface area contributed by atoms with Crippen LogP contribution in [0.25, 0.3) is 11.6 Å². The smallest absolute Gasteiger partial charge is 0.276 e. The molecule has 8 heteroatoms. The van der Waals surface area contributed by atoms with Crippen molar-refractivity contribution < 1.29 is 9.32 Å². The van der Waals surface area contributed by atoms with Gasteiger partial charge in [-0.25, -0.2) is 5.43 Å². The summed E-state index contributed by atoms with van der Waals surface area (Å²) in [5, 5.41) is 6.84. The van der Waals surface area contributed by atoms with Gasteiger partial charge >= 0.3 is 0 Å². The van der Waals surface area contributed by atoms with E-state index in [2.05, 4.69) is 45.1 Å². The van der Waals surface area contributed by atoms with Crippen molar-refractivity contribution in [3.05, 3.63) is 30.2 Å². The van der Waals surface area contributed by atoms with Crippen LogP contribution < -0.4 is 16.2 Å². The van der Waals surface area contributed by atoms with Crippen molar-refractivity contribution in [1.29, 1.82) is 0 Å². The zero-order valence-corrected chi connectivity index (χ0v) is 14.5. The van der Waals surface area contributed by atoms with Crippen LogP contribution in [0.4, 0.5) is 0 Å². The molecule has 1 fully saturated rings. The first kappa shape index (κ1) is 17.5. The molecule has 3 N–H and O–H groups in total. The molecule has 2 unspecified atom stereocenters. The molecule has 3 rings (SSSR count). The number of pyridine rings is 1. The first-order valence-corrected chi connectivity index (χ1v) is 8.64. The summed E-state index contributed by atoms with van der Waals surface area (Å²) in [4.78, 5) is 20.7. The number of hydrazine groups is 1. The zero-order chi connectivity index (χ0) is 17.6. The maximum Gasteiger partial charge on any atom is 0.276 e. The van der Waals surface area contributed by atoms with E-state index in [1.54, 1.807) is 6.20 Å². The maximum absolute atomic E-state index is 12.2. The Kier molecular flexibility index (Phi) is 5.72. The van der Waals surface area contributed by atoms with Crippen molar-refractivity contribution in [3.8, 4) is 11.6 Å². The van der Waals surface area contributed by atoms with Crippen LogP contribution in [0.5, 0.6) is 0 Å². The molecule has 0 aliphatic carbocycles. The number of aromatic nitrogens is 3. The Bertz CT molecular complexity index is 687. The minimum absolute atomic E-state index is 0.00722. The van der Waals surface area contributed by atoms with Crippen molar-refractivity contribution in [2.75, 3.05) is 6.54 Å². The van der Waals surface area contributed by atoms with Crippen molar-refractivity contribution in [2.24, 2.45) is 5.92 Å². The van der Waals surface area contributed by atoms with E-state index in [4.69, 9.17) is 4.52 Å². The van der Waals surface area contributed by atoms with Crippen LogP contribution in [0, 0.1) is 5.92 Å². The van der Waals surface area contributed by atoms with Crippen molar-refractivity contribution in [1.82, 2.24) is 31.3 Å². The Morgan fingerprint density at radius 1 is 1.40 bits per heavy atom. The largest absolute Gasteiger partial charge is 0.354 e. The lowest BCUT2D eigenvalue weighted by Gasteiger charge is -2.11. The predicted octanol–water partition coefficient (Wildman–Crippen LogP) is 1.07. The van der Waals surface area contributed by atoms with Gasteiger partial charge in [0, 0.05) is 25.2 Å². The lowest BCUT2D eigenvalue weighted by molar-refractivity contribution is -0.122. The minimum Gasteiger partial charge on any atom is -0.354 e. The second kappa shape index (κ2) is 8.17. The standard InChI is InChI=1S/C17H24N6O2/c1-11(2)9-12-10-14(22-21-12)16(24)19-8-6-15-20-17(25-23-15)13-5-3-4-7-18-13/h3-5,7,11-12,14,21-22H,6,8-10H2,1-2H3,(H,19,24). The molecule has 0 spiro atoms. The lowest BCUT2D eigenvalue weighted by Crippen LogP contribution is -2.44. The normalized spacial score (nSPS) is 20.1. The van der Waals surface area contributed by atoms with Crippen LogP contribution in [-0.2, 0) is 11.2 Å². The Morgan fingerprint density at radius 3 is 3.04 bits per heavy atom. The number of rotatable bonds is 7. The number of nitrogens with one attached hydrogen (secondary N) is 3. The van der Waals surface area contributed by atoms with Gasteiger partial charge in [0.05, 0.1) is 0 Å². The minimum atomic E-state index is -0.196. The van der Waals surface area contributed by atoms with Crippen LogP contribution in [0.2, 0.25) is 0 Å². The van der Waals surface area contributed by atoms with Gasteiger partial charge in [0.2, 0.25) is 5.91 Å². The number of hydrogen-bond donors (Lipinski definition) is 3. The molecule has 2 aromatic heterocycles. The molecule has 3 heterocycles. The van der Waals surface area contributed by atoms with E-state index in [1.807, 2.05) is 18.2 Å². The fourth-order valence-electron chi connectivity index (χ4n) is 2.89. The van der Waals surface area contributed by atoms with Crippen LogP contribution in [0.15, 0.2) is 28.9 Å². The van der Waals surface area contributed by atoms with Crippen LogP contribution in [0.1, 0.15) is 32.5 Å². The van der Waals surface area contributed by atoms with E-state index < -0.39 is 0 Å². The summed E-state index contributed by atoms with van der Waals surface area (Å²) in [5.74, 6) is 1.54. The fraction of sp³-hybridized carbons (Fsp3) is 0.529. The second-order valence-corrected chi connectivity index (χ2v) is 6.68. The molecule has 0 bridgehead atoms. The van der Waals surface area contributed by atoms with Gasteiger partial charge in [-0.05, 0) is 30.9 Å². The van der Waals surface area contributed by atoms with E-state index >= 15 is 0 Å². The van der Waals surface area contributed by atoms with Gasteiger partial charge in [-0.1, -0.05) is 25.1 Å². The molecule has 2 aromatic rings. The third-order valence-electron chi connectivity index (χ3n) is 4.05. The second-order valence-electron chi connectivity index (χ2n) is 6.68. The van der Waals surface area contributed by atoms with Gasteiger partial charge in [-0.2, -0.15) is 4.98 Å². The summed E-state index contributed by atoms with van der Waals surface area (Å²) in [6.45, 7) is 4.82. The molecule has 0 saturated carbocycles. The first-order valence-electron chi connectivity index (χ1n) is 8.64. The lowest BCUT2D eigenvalue weighted by atomic mass is 10.00. The summed E-state index contributed by atoms with van der Waals surface area (Å²) in [6.07, 6.45) is 4.04. The number of carbonyl (C=O) groups is 1. The average molecular weight is 344 g/mol. The summed E-state index contributed by atoms with van der Waals surface area (Å²) >= 11 is 0. The number of amides is 1. The summed E-state index contributed by atoms with van der Waals surface area (Å²) in [5.41, 5.74) is 6.90. The van der Waals surface area contributed by atoms with Crippen LogP contribution >= 0.6 is 0 Å². The number of nitrogens with zero attached hydrogens (tertiary/aromatic N) is 3. The molecule has 2 atom stereocenters. The van der Waals surface area contributed by atoms with E-state index in [0.29, 0.717) is 42.3 Å². The highest BCUT2D eigenvalue weighted by Gasteiger charge is 2.29. The van der Waals surface area contributed by atoms with Crippen molar-refractivity contribution >= 4 is 5.91 Å². The highest BCUT2D eigenvalue weighted by atomic mass is 16.5. The van der Waals surface area contributed by atoms with Gasteiger partial charge in [0.1, 0.15) is 11.7 Å². The predicted molar refractivity (Wildman–Crippen MR) is 92.2 cm³/mol. The molecule has 1 aliphatic heterocycles. The molecule has 1 saturated heterocycles. The molecule has 1 aliphatic rings. The quantitative estimate of drug-likeness (QED) is 0.690. The van der Waals surface area contributed by atoms with Crippen LogP contribution in [0.3, 0.4) is 0 Å². The van der Waals surface area contributed by atoms with E-state index in [1.165, 1.54) is 0 Å². The topological polar surface area (TPSA) is 105 Å². The van der Waals surface area contributed by atoms with Gasteiger partial charge in [0.25, 0.3) is 5.89 Å². The maximum atomic E-state index is 12.2. The van der Waals surface area contributed by atoms with Gasteiger partial charge in [-0.3, -0.25) is 15.2 Å². The van der Waals surface area contributed by atoms with Crippen molar-refractivity contribution in [3.63, 3.8) is 0 Å². The Hall–Kier alpha value is -2.32. The number of hydrogen-bond acceptors (Lipinski definition) is 7. The summed E-state index contributed by atoms with van der Waals surface area (Å²) in [6, 6.07) is 5.65. The number of carbonyl (C=O) groups excluding carboxylic acids is 1. The molecule has 25 heavy (non-hydrogen) atoms. The average Bonchev–Trinajstić information content (AvgIpc) is 3.25. The van der Waals surface area contributed by atoms with E-state index in [9.17, 15) is 4.79 Å². The third-order valence-corrected chi connectivity index (χ3v) is 4.05. The van der Waals surface area contributed by atoms with Crippen molar-refractivity contribution in [2.45, 2.75) is 45.2 Å². The van der Waals surface area contributed by atoms with Crippen LogP contribution in [-0.4, -0.2) is 39.7 Å². The monoisotopic (exact) mass is 344 g/mol. The first-order chi connectivity index (χ1) is 12.1. The summed E-state index contributed by atoms with van der Waals surface area (Å²) in [7, 11) is 0. The zero-order valence-electron chi connectivity index (χ0n) is 14.5. The van der Waals surface area contributed by atoms with Gasteiger partial charge in [0.15, 0.2) is 5.82 Å². The summed E-state index contributed by atoms with van der Waals surface area (Å²) < 4.78 is 5.20. The Labute approximate surface area is 146 Å². The molecular weight excluding hydrogens is 320 g/mol. The fourth-order valence-corrected chi connectivity index (χ4v) is 2.89. The van der Waals surface area contributed by atoms with E-state index in [-0.39, 0.29) is 11.9 Å². The van der Waals surface area contributed by atoms with Gasteiger partial charge < -0.3 is 9.84 Å². The molecule has 8 nitrogen and oxygen atoms in total. The third kappa shape index (κ3) is 4.83. The molecule has 1 amide bonds. The molecule has 0 aromatic carbocycles. The highest BCUT2D eigenvalue weighted by molar-refractivity contribution is 5.82. The molecule has 134 valence electrons. The SMILES string of the molecule is CC(C)CC1CC(C(=O)NCCc2noc(-c3ccccn3)n2)NN1. The Morgan fingerprint density at radius 2 is 2.28 bits per heavy atom. The Balaban J connectivity index is 1.43. The molecule has 0 radical (unpaired) electrons.